The number of H-pyrrole nitrogens is 1. The molecule has 0 saturated heterocycles. The Hall–Kier alpha value is -4.44. The van der Waals surface area contributed by atoms with Gasteiger partial charge in [0.2, 0.25) is 0 Å². The lowest BCUT2D eigenvalue weighted by molar-refractivity contribution is -0.384. The van der Waals surface area contributed by atoms with Gasteiger partial charge in [0.25, 0.3) is 17.5 Å². The number of aromatic nitrogens is 1. The van der Waals surface area contributed by atoms with Gasteiger partial charge in [-0.25, -0.2) is 0 Å². The molecule has 0 spiro atoms. The average Bonchev–Trinajstić information content (AvgIpc) is 3.41. The van der Waals surface area contributed by atoms with E-state index in [0.717, 1.165) is 13.1 Å². The van der Waals surface area contributed by atoms with Crippen LogP contribution in [0.3, 0.4) is 0 Å². The fraction of sp³-hybridized carbons (Fsp3) is 0.286. The molecule has 2 amide bonds. The van der Waals surface area contributed by atoms with Crippen molar-refractivity contribution in [1.29, 1.82) is 0 Å². The lowest BCUT2D eigenvalue weighted by atomic mass is 9.96. The molecule has 0 saturated carbocycles. The smallest absolute Gasteiger partial charge is 0.277 e. The van der Waals surface area contributed by atoms with Gasteiger partial charge in [0.05, 0.1) is 28.7 Å². The Bertz CT molecular complexity index is 1420. The van der Waals surface area contributed by atoms with Crippen LogP contribution in [0.15, 0.2) is 42.5 Å². The summed E-state index contributed by atoms with van der Waals surface area (Å²) >= 11 is 0. The first-order valence-corrected chi connectivity index (χ1v) is 12.5. The Morgan fingerprint density at radius 2 is 1.89 bits per heavy atom. The second-order valence-electron chi connectivity index (χ2n) is 8.89. The Kier molecular flexibility index (Phi) is 7.92. The Labute approximate surface area is 220 Å². The zero-order valence-electron chi connectivity index (χ0n) is 21.9. The summed E-state index contributed by atoms with van der Waals surface area (Å²) in [7, 11) is 1.54. The van der Waals surface area contributed by atoms with E-state index in [1.54, 1.807) is 56.5 Å². The largest absolute Gasteiger partial charge is 0.497 e. The first-order chi connectivity index (χ1) is 18.3. The predicted molar refractivity (Wildman–Crippen MR) is 147 cm³/mol. The summed E-state index contributed by atoms with van der Waals surface area (Å²) < 4.78 is 5.33. The Morgan fingerprint density at radius 1 is 1.16 bits per heavy atom. The molecule has 1 aliphatic rings. The van der Waals surface area contributed by atoms with E-state index in [-0.39, 0.29) is 23.1 Å². The van der Waals surface area contributed by atoms with Crippen LogP contribution in [0.2, 0.25) is 0 Å². The molecule has 0 bridgehead atoms. The maximum absolute atomic E-state index is 13.5. The third kappa shape index (κ3) is 5.16. The van der Waals surface area contributed by atoms with Crippen LogP contribution in [0.4, 0.5) is 11.4 Å². The summed E-state index contributed by atoms with van der Waals surface area (Å²) in [6.07, 6.45) is 1.63. The van der Waals surface area contributed by atoms with Crippen LogP contribution in [0.1, 0.15) is 41.2 Å². The highest BCUT2D eigenvalue weighted by Crippen LogP contribution is 2.40. The normalized spacial score (nSPS) is 13.5. The molecule has 10 nitrogen and oxygen atoms in total. The van der Waals surface area contributed by atoms with E-state index in [9.17, 15) is 19.7 Å². The molecule has 198 valence electrons. The molecule has 0 fully saturated rings. The maximum Gasteiger partial charge on any atom is 0.277 e. The molecule has 38 heavy (non-hydrogen) atoms. The van der Waals surface area contributed by atoms with Crippen molar-refractivity contribution in [3.63, 3.8) is 0 Å². The van der Waals surface area contributed by atoms with Crippen molar-refractivity contribution in [3.05, 3.63) is 75.1 Å². The summed E-state index contributed by atoms with van der Waals surface area (Å²) in [5.41, 5.74) is 3.40. The number of nitrogens with zero attached hydrogens (tertiary/aromatic N) is 2. The summed E-state index contributed by atoms with van der Waals surface area (Å²) in [5.74, 6) is -0.0816. The highest BCUT2D eigenvalue weighted by atomic mass is 16.6. The molecule has 0 atom stereocenters. The van der Waals surface area contributed by atoms with Crippen molar-refractivity contribution in [2.45, 2.75) is 20.8 Å². The third-order valence-corrected chi connectivity index (χ3v) is 6.72. The SMILES string of the molecule is CCN(CC)CCNC(=O)c1c(C)[nH]c(C=C2C(=O)Nc3ccc(OC)cc32)c1-c1ccccc1[N+](=O)[O-]. The number of benzene rings is 2. The number of ether oxygens (including phenoxy) is 1. The quantitative estimate of drug-likeness (QED) is 0.207. The standard InChI is InChI=1S/C28H31N5O5/c1-5-32(6-2)14-13-29-28(35)25-17(3)30-23(26(25)19-9-7-8-10-24(19)33(36)37)16-21-20-15-18(38-4)11-12-22(20)31-27(21)34/h7-12,15-16,30H,5-6,13-14H2,1-4H3,(H,29,35)(H,31,34). The first kappa shape index (κ1) is 26.6. The van der Waals surface area contributed by atoms with E-state index >= 15 is 0 Å². The molecule has 0 unspecified atom stereocenters. The van der Waals surface area contributed by atoms with E-state index in [1.165, 1.54) is 6.07 Å². The molecule has 10 heteroatoms. The fourth-order valence-electron chi connectivity index (χ4n) is 4.70. The van der Waals surface area contributed by atoms with Crippen LogP contribution in [-0.4, -0.2) is 59.9 Å². The van der Waals surface area contributed by atoms with Gasteiger partial charge in [-0.15, -0.1) is 0 Å². The number of nitro benzene ring substituents is 1. The summed E-state index contributed by atoms with van der Waals surface area (Å²) in [6, 6.07) is 11.5. The van der Waals surface area contributed by atoms with Crippen LogP contribution in [-0.2, 0) is 4.79 Å². The van der Waals surface area contributed by atoms with Gasteiger partial charge in [0.1, 0.15) is 5.75 Å². The summed E-state index contributed by atoms with van der Waals surface area (Å²) in [6.45, 7) is 8.69. The van der Waals surface area contributed by atoms with E-state index in [0.29, 0.717) is 58.2 Å². The summed E-state index contributed by atoms with van der Waals surface area (Å²) in [5, 5.41) is 17.7. The van der Waals surface area contributed by atoms with Crippen molar-refractivity contribution < 1.29 is 19.2 Å². The van der Waals surface area contributed by atoms with Gasteiger partial charge in [-0.05, 0) is 50.4 Å². The van der Waals surface area contributed by atoms with E-state index in [2.05, 4.69) is 34.4 Å². The number of hydrogen-bond acceptors (Lipinski definition) is 6. The number of carbonyl (C=O) groups is 2. The van der Waals surface area contributed by atoms with Gasteiger partial charge in [-0.2, -0.15) is 0 Å². The van der Waals surface area contributed by atoms with Crippen molar-refractivity contribution in [2.24, 2.45) is 0 Å². The number of nitrogens with one attached hydrogen (secondary N) is 3. The number of fused-ring (bicyclic) bond motifs is 1. The zero-order valence-corrected chi connectivity index (χ0v) is 21.9. The van der Waals surface area contributed by atoms with Crippen LogP contribution >= 0.6 is 0 Å². The number of amides is 2. The molecule has 3 N–H and O–H groups in total. The van der Waals surface area contributed by atoms with Gasteiger partial charge in [-0.1, -0.05) is 26.0 Å². The topological polar surface area (TPSA) is 130 Å². The number of hydrogen-bond donors (Lipinski definition) is 3. The molecule has 3 aromatic rings. The molecular formula is C28H31N5O5. The van der Waals surface area contributed by atoms with Gasteiger partial charge in [0, 0.05) is 47.4 Å². The number of carbonyl (C=O) groups excluding carboxylic acids is 2. The number of nitro groups is 1. The molecule has 2 heterocycles. The van der Waals surface area contributed by atoms with Crippen LogP contribution < -0.4 is 15.4 Å². The number of likely N-dealkylation sites (N-methyl/N-ethyl adjacent to an activating group) is 1. The second-order valence-corrected chi connectivity index (χ2v) is 8.89. The van der Waals surface area contributed by atoms with Gasteiger partial charge in [0.15, 0.2) is 0 Å². The van der Waals surface area contributed by atoms with E-state index < -0.39 is 4.92 Å². The molecule has 4 rings (SSSR count). The van der Waals surface area contributed by atoms with Crippen LogP contribution in [0.25, 0.3) is 22.8 Å². The van der Waals surface area contributed by atoms with Gasteiger partial charge >= 0.3 is 0 Å². The van der Waals surface area contributed by atoms with Gasteiger partial charge in [-0.3, -0.25) is 19.7 Å². The minimum absolute atomic E-state index is 0.138. The van der Waals surface area contributed by atoms with Crippen molar-refractivity contribution in [1.82, 2.24) is 15.2 Å². The van der Waals surface area contributed by atoms with Crippen LogP contribution in [0, 0.1) is 17.0 Å². The molecule has 2 aromatic carbocycles. The second kappa shape index (κ2) is 11.3. The number of para-hydroxylation sites is 1. The molecule has 1 aliphatic heterocycles. The minimum Gasteiger partial charge on any atom is -0.497 e. The Balaban J connectivity index is 1.85. The zero-order chi connectivity index (χ0) is 27.4. The summed E-state index contributed by atoms with van der Waals surface area (Å²) in [4.78, 5) is 43.2. The number of methoxy groups -OCH3 is 1. The highest BCUT2D eigenvalue weighted by Gasteiger charge is 2.29. The average molecular weight is 518 g/mol. The Morgan fingerprint density at radius 3 is 2.58 bits per heavy atom. The van der Waals surface area contributed by atoms with Crippen molar-refractivity contribution >= 4 is 34.8 Å². The van der Waals surface area contributed by atoms with Crippen molar-refractivity contribution in [2.75, 3.05) is 38.6 Å². The predicted octanol–water partition coefficient (Wildman–Crippen LogP) is 4.47. The lowest BCUT2D eigenvalue weighted by Gasteiger charge is -2.18. The van der Waals surface area contributed by atoms with Gasteiger partial charge < -0.3 is 25.3 Å². The lowest BCUT2D eigenvalue weighted by Crippen LogP contribution is -2.35. The number of rotatable bonds is 10. The molecule has 0 radical (unpaired) electrons. The van der Waals surface area contributed by atoms with Crippen LogP contribution in [0.5, 0.6) is 5.75 Å². The van der Waals surface area contributed by atoms with E-state index in [4.69, 9.17) is 4.74 Å². The highest BCUT2D eigenvalue weighted by molar-refractivity contribution is 6.35. The number of anilines is 1. The van der Waals surface area contributed by atoms with Crippen molar-refractivity contribution in [3.8, 4) is 16.9 Å². The monoisotopic (exact) mass is 517 g/mol. The number of aromatic amines is 1. The molecular weight excluding hydrogens is 486 g/mol. The molecule has 0 aliphatic carbocycles. The maximum atomic E-state index is 13.5. The number of aryl methyl sites for hydroxylation is 1. The fourth-order valence-corrected chi connectivity index (χ4v) is 4.70. The molecule has 1 aromatic heterocycles. The third-order valence-electron chi connectivity index (χ3n) is 6.72. The first-order valence-electron chi connectivity index (χ1n) is 12.5. The minimum atomic E-state index is -0.473. The van der Waals surface area contributed by atoms with E-state index in [1.807, 2.05) is 0 Å².